The van der Waals surface area contributed by atoms with E-state index in [0.29, 0.717) is 42.5 Å². The first-order valence-electron chi connectivity index (χ1n) is 10.2. The van der Waals surface area contributed by atoms with E-state index < -0.39 is 10.0 Å². The van der Waals surface area contributed by atoms with Gasteiger partial charge >= 0.3 is 0 Å². The van der Waals surface area contributed by atoms with Gasteiger partial charge in [0.2, 0.25) is 15.9 Å². The van der Waals surface area contributed by atoms with E-state index in [1.165, 1.54) is 11.8 Å². The molecule has 1 aliphatic rings. The normalized spacial score (nSPS) is 15.9. The van der Waals surface area contributed by atoms with Gasteiger partial charge in [-0.15, -0.1) is 0 Å². The molecule has 0 saturated carbocycles. The number of fused-ring (bicyclic) bond motifs is 1. The lowest BCUT2D eigenvalue weighted by Crippen LogP contribution is -2.35. The third-order valence-electron chi connectivity index (χ3n) is 4.99. The van der Waals surface area contributed by atoms with Gasteiger partial charge in [0.05, 0.1) is 21.7 Å². The second-order valence-corrected chi connectivity index (χ2v) is 10.6. The van der Waals surface area contributed by atoms with Gasteiger partial charge in [-0.3, -0.25) is 4.79 Å². The second kappa shape index (κ2) is 9.49. The van der Waals surface area contributed by atoms with Crippen LogP contribution in [0.5, 0.6) is 0 Å². The molecule has 1 fully saturated rings. The summed E-state index contributed by atoms with van der Waals surface area (Å²) in [4.78, 5) is 17.0. The molecule has 0 spiro atoms. The molecule has 1 amide bonds. The summed E-state index contributed by atoms with van der Waals surface area (Å²) in [5.74, 6) is 0.672. The average Bonchev–Trinajstić information content (AvgIpc) is 3.08. The van der Waals surface area contributed by atoms with E-state index in [1.54, 1.807) is 16.4 Å². The van der Waals surface area contributed by atoms with E-state index >= 15 is 0 Å². The van der Waals surface area contributed by atoms with Crippen LogP contribution in [0.25, 0.3) is 11.0 Å². The number of aryl methyl sites for hydroxylation is 1. The van der Waals surface area contributed by atoms with Crippen LogP contribution in [-0.2, 0) is 21.4 Å². The number of benzene rings is 1. The molecule has 7 nitrogen and oxygen atoms in total. The third kappa shape index (κ3) is 5.13. The molecule has 29 heavy (non-hydrogen) atoms. The summed E-state index contributed by atoms with van der Waals surface area (Å²) in [6.45, 7) is 8.64. The SMILES string of the molecule is CCn1c(SCC(=O)NCC(C)C)nc2cc(S(=O)(=O)N3CCCCC3)ccc21. The van der Waals surface area contributed by atoms with Crippen molar-refractivity contribution in [1.29, 1.82) is 0 Å². The number of carbonyl (C=O) groups excluding carboxylic acids is 1. The molecule has 0 unspecified atom stereocenters. The first-order valence-corrected chi connectivity index (χ1v) is 12.7. The van der Waals surface area contributed by atoms with Crippen LogP contribution in [0.3, 0.4) is 0 Å². The molecule has 2 aromatic rings. The number of hydrogen-bond acceptors (Lipinski definition) is 5. The summed E-state index contributed by atoms with van der Waals surface area (Å²) in [6, 6.07) is 5.16. The minimum absolute atomic E-state index is 0.0215. The van der Waals surface area contributed by atoms with E-state index in [2.05, 4.69) is 24.1 Å². The van der Waals surface area contributed by atoms with Crippen molar-refractivity contribution >= 4 is 38.7 Å². The predicted octanol–water partition coefficient (Wildman–Crippen LogP) is 3.10. The fourth-order valence-corrected chi connectivity index (χ4v) is 5.86. The molecule has 0 aliphatic carbocycles. The maximum Gasteiger partial charge on any atom is 0.243 e. The van der Waals surface area contributed by atoms with Gasteiger partial charge in [0.25, 0.3) is 0 Å². The van der Waals surface area contributed by atoms with Gasteiger partial charge in [0, 0.05) is 26.2 Å². The van der Waals surface area contributed by atoms with Gasteiger partial charge in [-0.2, -0.15) is 4.31 Å². The Morgan fingerprint density at radius 3 is 2.62 bits per heavy atom. The molecule has 1 aromatic carbocycles. The zero-order valence-electron chi connectivity index (χ0n) is 17.3. The summed E-state index contributed by atoms with van der Waals surface area (Å²) >= 11 is 1.38. The van der Waals surface area contributed by atoms with Gasteiger partial charge in [-0.25, -0.2) is 13.4 Å². The standard InChI is InChI=1S/C20H30N4O3S2/c1-4-24-18-9-8-16(29(26,27)23-10-6-5-7-11-23)12-17(18)22-20(24)28-14-19(25)21-13-15(2)3/h8-9,12,15H,4-7,10-11,13-14H2,1-3H3,(H,21,25). The number of thioether (sulfide) groups is 1. The number of imidazole rings is 1. The highest BCUT2D eigenvalue weighted by Gasteiger charge is 2.26. The molecule has 2 heterocycles. The molecule has 1 aromatic heterocycles. The van der Waals surface area contributed by atoms with Crippen molar-refractivity contribution in [3.05, 3.63) is 18.2 Å². The average molecular weight is 439 g/mol. The summed E-state index contributed by atoms with van der Waals surface area (Å²) in [6.07, 6.45) is 2.90. The number of rotatable bonds is 8. The zero-order valence-corrected chi connectivity index (χ0v) is 19.0. The number of carbonyl (C=O) groups is 1. The van der Waals surface area contributed by atoms with Crippen molar-refractivity contribution in [1.82, 2.24) is 19.2 Å². The highest BCUT2D eigenvalue weighted by Crippen LogP contribution is 2.28. The third-order valence-corrected chi connectivity index (χ3v) is 7.86. The molecule has 0 bridgehead atoms. The predicted molar refractivity (Wildman–Crippen MR) is 117 cm³/mol. The maximum absolute atomic E-state index is 13.0. The van der Waals surface area contributed by atoms with E-state index in [9.17, 15) is 13.2 Å². The fraction of sp³-hybridized carbons (Fsp3) is 0.600. The number of aromatic nitrogens is 2. The Balaban J connectivity index is 1.81. The Kier molecular flexibility index (Phi) is 7.23. The van der Waals surface area contributed by atoms with Gasteiger partial charge in [0.15, 0.2) is 5.16 Å². The first-order chi connectivity index (χ1) is 13.8. The van der Waals surface area contributed by atoms with Crippen LogP contribution in [0.2, 0.25) is 0 Å². The van der Waals surface area contributed by atoms with Crippen LogP contribution in [0.1, 0.15) is 40.0 Å². The van der Waals surface area contributed by atoms with Gasteiger partial charge in [0.1, 0.15) is 0 Å². The van der Waals surface area contributed by atoms with E-state index in [0.717, 1.165) is 29.9 Å². The van der Waals surface area contributed by atoms with Crippen molar-refractivity contribution < 1.29 is 13.2 Å². The molecule has 1 N–H and O–H groups in total. The molecule has 9 heteroatoms. The number of nitrogens with one attached hydrogen (secondary N) is 1. The summed E-state index contributed by atoms with van der Waals surface area (Å²) in [7, 11) is -3.49. The van der Waals surface area contributed by atoms with E-state index in [4.69, 9.17) is 0 Å². The Bertz CT molecular complexity index is 964. The van der Waals surface area contributed by atoms with Crippen LogP contribution >= 0.6 is 11.8 Å². The summed E-state index contributed by atoms with van der Waals surface area (Å²) < 4.78 is 29.5. The molecule has 0 radical (unpaired) electrons. The maximum atomic E-state index is 13.0. The number of hydrogen-bond donors (Lipinski definition) is 1. The zero-order chi connectivity index (χ0) is 21.0. The highest BCUT2D eigenvalue weighted by molar-refractivity contribution is 7.99. The monoisotopic (exact) mass is 438 g/mol. The number of piperidine rings is 1. The first kappa shape index (κ1) is 22.1. The van der Waals surface area contributed by atoms with Crippen molar-refractivity contribution in [3.8, 4) is 0 Å². The van der Waals surface area contributed by atoms with Crippen LogP contribution in [0.15, 0.2) is 28.3 Å². The Hall–Kier alpha value is -1.58. The van der Waals surface area contributed by atoms with Gasteiger partial charge in [-0.1, -0.05) is 32.0 Å². The van der Waals surface area contributed by atoms with Crippen LogP contribution in [0.4, 0.5) is 0 Å². The number of sulfonamides is 1. The smallest absolute Gasteiger partial charge is 0.243 e. The second-order valence-electron chi connectivity index (χ2n) is 7.74. The lowest BCUT2D eigenvalue weighted by atomic mass is 10.2. The summed E-state index contributed by atoms with van der Waals surface area (Å²) in [5.41, 5.74) is 1.53. The molecule has 3 rings (SSSR count). The fourth-order valence-electron chi connectivity index (χ4n) is 3.42. The van der Waals surface area contributed by atoms with E-state index in [-0.39, 0.29) is 11.7 Å². The van der Waals surface area contributed by atoms with Crippen molar-refractivity contribution in [2.75, 3.05) is 25.4 Å². The quantitative estimate of drug-likeness (QED) is 0.640. The van der Waals surface area contributed by atoms with Crippen LogP contribution < -0.4 is 5.32 Å². The molecule has 160 valence electrons. The lowest BCUT2D eigenvalue weighted by Gasteiger charge is -2.25. The topological polar surface area (TPSA) is 84.3 Å². The minimum Gasteiger partial charge on any atom is -0.355 e. The van der Waals surface area contributed by atoms with E-state index in [1.807, 2.05) is 17.6 Å². The van der Waals surface area contributed by atoms with Crippen molar-refractivity contribution in [3.63, 3.8) is 0 Å². The largest absolute Gasteiger partial charge is 0.355 e. The van der Waals surface area contributed by atoms with Gasteiger partial charge in [-0.05, 0) is 43.9 Å². The Morgan fingerprint density at radius 1 is 1.24 bits per heavy atom. The molecule has 1 saturated heterocycles. The van der Waals surface area contributed by atoms with Gasteiger partial charge < -0.3 is 9.88 Å². The summed E-state index contributed by atoms with van der Waals surface area (Å²) in [5, 5.41) is 3.64. The lowest BCUT2D eigenvalue weighted by molar-refractivity contribution is -0.118. The Labute approximate surface area is 177 Å². The minimum atomic E-state index is -3.49. The molecular weight excluding hydrogens is 408 g/mol. The number of amides is 1. The van der Waals surface area contributed by atoms with Crippen LogP contribution in [-0.4, -0.2) is 53.6 Å². The highest BCUT2D eigenvalue weighted by atomic mass is 32.2. The van der Waals surface area contributed by atoms with Crippen molar-refractivity contribution in [2.45, 2.75) is 56.6 Å². The van der Waals surface area contributed by atoms with Crippen LogP contribution in [0, 0.1) is 5.92 Å². The molecule has 1 aliphatic heterocycles. The Morgan fingerprint density at radius 2 is 1.97 bits per heavy atom. The van der Waals surface area contributed by atoms with Crippen molar-refractivity contribution in [2.24, 2.45) is 5.92 Å². The number of nitrogens with zero attached hydrogens (tertiary/aromatic N) is 3. The molecule has 0 atom stereocenters. The molecular formula is C20H30N4O3S2.